The summed E-state index contributed by atoms with van der Waals surface area (Å²) in [5.41, 5.74) is 0.988. The summed E-state index contributed by atoms with van der Waals surface area (Å²) in [5.74, 6) is 0.185. The lowest BCUT2D eigenvalue weighted by Crippen LogP contribution is -2.06. The molecule has 4 nitrogen and oxygen atoms in total. The molecule has 3 aromatic rings. The maximum absolute atomic E-state index is 12.7. The fourth-order valence-corrected chi connectivity index (χ4v) is 2.17. The number of ether oxygens (including phenoxy) is 1. The van der Waals surface area contributed by atoms with E-state index in [1.165, 1.54) is 7.11 Å². The Bertz CT molecular complexity index is 779. The molecular formula is C16H12N2O2. The van der Waals surface area contributed by atoms with Crippen LogP contribution in [0.3, 0.4) is 0 Å². The fraction of sp³-hybridized carbons (Fsp3) is 0.0625. The smallest absolute Gasteiger partial charge is 0.224 e. The average Bonchev–Trinajstić information content (AvgIpc) is 2.53. The normalized spacial score (nSPS) is 10.4. The third kappa shape index (κ3) is 2.01. The van der Waals surface area contributed by atoms with Gasteiger partial charge in [-0.25, -0.2) is 4.98 Å². The number of hydrogen-bond acceptors (Lipinski definition) is 4. The first-order valence-corrected chi connectivity index (χ1v) is 6.17. The van der Waals surface area contributed by atoms with Crippen LogP contribution >= 0.6 is 0 Å². The van der Waals surface area contributed by atoms with Crippen molar-refractivity contribution in [3.63, 3.8) is 0 Å². The molecule has 0 bridgehead atoms. The molecule has 2 aromatic heterocycles. The number of benzene rings is 1. The molecule has 20 heavy (non-hydrogen) atoms. The highest BCUT2D eigenvalue weighted by molar-refractivity contribution is 6.17. The van der Waals surface area contributed by atoms with E-state index in [9.17, 15) is 4.79 Å². The van der Waals surface area contributed by atoms with E-state index in [0.29, 0.717) is 17.0 Å². The van der Waals surface area contributed by atoms with Gasteiger partial charge in [0.1, 0.15) is 0 Å². The number of methoxy groups -OCH3 is 1. The summed E-state index contributed by atoms with van der Waals surface area (Å²) in [6, 6.07) is 11.1. The Balaban J connectivity index is 2.18. The van der Waals surface area contributed by atoms with E-state index < -0.39 is 0 Å². The summed E-state index contributed by atoms with van der Waals surface area (Å²) in [6.45, 7) is 0. The number of hydrogen-bond donors (Lipinski definition) is 0. The Kier molecular flexibility index (Phi) is 3.13. The molecule has 0 radical (unpaired) electrons. The van der Waals surface area contributed by atoms with Crippen LogP contribution in [0.1, 0.15) is 15.9 Å². The summed E-state index contributed by atoms with van der Waals surface area (Å²) < 4.78 is 5.15. The highest BCUT2D eigenvalue weighted by Crippen LogP contribution is 2.23. The standard InChI is InChI=1S/C16H12N2O2/c1-20-16-13(7-4-8-18-16)15(19)14-10-17-9-11-5-2-3-6-12(11)14/h2-10H,1H3. The van der Waals surface area contributed by atoms with E-state index in [1.807, 2.05) is 24.3 Å². The summed E-state index contributed by atoms with van der Waals surface area (Å²) in [6.07, 6.45) is 4.92. The quantitative estimate of drug-likeness (QED) is 0.682. The minimum atomic E-state index is -0.140. The van der Waals surface area contributed by atoms with Crippen LogP contribution in [0, 0.1) is 0 Å². The van der Waals surface area contributed by atoms with E-state index in [-0.39, 0.29) is 5.78 Å². The van der Waals surface area contributed by atoms with Gasteiger partial charge in [-0.1, -0.05) is 24.3 Å². The molecule has 0 aliphatic rings. The van der Waals surface area contributed by atoms with Gasteiger partial charge in [-0.2, -0.15) is 0 Å². The lowest BCUT2D eigenvalue weighted by atomic mass is 10.0. The van der Waals surface area contributed by atoms with Crippen LogP contribution in [0.4, 0.5) is 0 Å². The lowest BCUT2D eigenvalue weighted by molar-refractivity contribution is 0.103. The van der Waals surface area contributed by atoms with Crippen molar-refractivity contribution in [1.29, 1.82) is 0 Å². The van der Waals surface area contributed by atoms with Gasteiger partial charge in [0, 0.05) is 29.5 Å². The fourth-order valence-electron chi connectivity index (χ4n) is 2.17. The van der Waals surface area contributed by atoms with E-state index in [2.05, 4.69) is 9.97 Å². The Morgan fingerprint density at radius 2 is 1.90 bits per heavy atom. The first kappa shape index (κ1) is 12.3. The van der Waals surface area contributed by atoms with Crippen LogP contribution in [0.15, 0.2) is 55.0 Å². The van der Waals surface area contributed by atoms with E-state index in [1.54, 1.807) is 30.7 Å². The molecule has 0 atom stereocenters. The Hall–Kier alpha value is -2.75. The molecule has 1 aromatic carbocycles. The second-order valence-corrected chi connectivity index (χ2v) is 4.30. The van der Waals surface area contributed by atoms with Crippen LogP contribution < -0.4 is 4.74 Å². The van der Waals surface area contributed by atoms with Gasteiger partial charge < -0.3 is 4.74 Å². The highest BCUT2D eigenvalue weighted by atomic mass is 16.5. The van der Waals surface area contributed by atoms with Gasteiger partial charge in [0.25, 0.3) is 0 Å². The molecule has 0 amide bonds. The van der Waals surface area contributed by atoms with Gasteiger partial charge in [-0.05, 0) is 17.5 Å². The van der Waals surface area contributed by atoms with Crippen molar-refractivity contribution in [3.05, 3.63) is 66.1 Å². The van der Waals surface area contributed by atoms with Crippen molar-refractivity contribution in [2.45, 2.75) is 0 Å². The van der Waals surface area contributed by atoms with Gasteiger partial charge in [0.15, 0.2) is 0 Å². The second-order valence-electron chi connectivity index (χ2n) is 4.30. The molecular weight excluding hydrogens is 252 g/mol. The first-order valence-electron chi connectivity index (χ1n) is 6.17. The van der Waals surface area contributed by atoms with Gasteiger partial charge in [-0.15, -0.1) is 0 Å². The minimum Gasteiger partial charge on any atom is -0.480 e. The third-order valence-electron chi connectivity index (χ3n) is 3.12. The monoisotopic (exact) mass is 264 g/mol. The minimum absolute atomic E-state index is 0.140. The predicted octanol–water partition coefficient (Wildman–Crippen LogP) is 2.87. The van der Waals surface area contributed by atoms with Crippen molar-refractivity contribution >= 4 is 16.6 Å². The molecule has 0 N–H and O–H groups in total. The molecule has 3 rings (SSSR count). The number of rotatable bonds is 3. The SMILES string of the molecule is COc1ncccc1C(=O)c1cncc2ccccc12. The van der Waals surface area contributed by atoms with E-state index in [4.69, 9.17) is 4.74 Å². The molecule has 98 valence electrons. The largest absolute Gasteiger partial charge is 0.480 e. The number of fused-ring (bicyclic) bond motifs is 1. The number of carbonyl (C=O) groups excluding carboxylic acids is 1. The van der Waals surface area contributed by atoms with Crippen LogP contribution in [0.5, 0.6) is 5.88 Å². The molecule has 4 heteroatoms. The number of aromatic nitrogens is 2. The zero-order valence-corrected chi connectivity index (χ0v) is 10.9. The molecule has 0 fully saturated rings. The molecule has 0 spiro atoms. The molecule has 0 unspecified atom stereocenters. The summed E-state index contributed by atoms with van der Waals surface area (Å²) >= 11 is 0. The molecule has 0 aliphatic heterocycles. The second kappa shape index (κ2) is 5.09. The molecule has 0 saturated heterocycles. The van der Waals surface area contributed by atoms with Gasteiger partial charge in [0.05, 0.1) is 12.7 Å². The van der Waals surface area contributed by atoms with E-state index in [0.717, 1.165) is 10.8 Å². The highest BCUT2D eigenvalue weighted by Gasteiger charge is 2.17. The summed E-state index contributed by atoms with van der Waals surface area (Å²) in [4.78, 5) is 20.9. The Labute approximate surface area is 116 Å². The molecule has 0 saturated carbocycles. The maximum Gasteiger partial charge on any atom is 0.224 e. The van der Waals surface area contributed by atoms with Gasteiger partial charge in [-0.3, -0.25) is 9.78 Å². The number of carbonyl (C=O) groups is 1. The topological polar surface area (TPSA) is 52.1 Å². The first-order chi connectivity index (χ1) is 9.81. The zero-order chi connectivity index (χ0) is 13.9. The number of ketones is 1. The van der Waals surface area contributed by atoms with Gasteiger partial charge >= 0.3 is 0 Å². The maximum atomic E-state index is 12.7. The van der Waals surface area contributed by atoms with Crippen LogP contribution in [-0.2, 0) is 0 Å². The summed E-state index contributed by atoms with van der Waals surface area (Å²) in [7, 11) is 1.50. The van der Waals surface area contributed by atoms with Crippen LogP contribution in [-0.4, -0.2) is 22.9 Å². The third-order valence-corrected chi connectivity index (χ3v) is 3.12. The van der Waals surface area contributed by atoms with Crippen LogP contribution in [0.2, 0.25) is 0 Å². The van der Waals surface area contributed by atoms with Crippen molar-refractivity contribution in [2.24, 2.45) is 0 Å². The Morgan fingerprint density at radius 1 is 1.05 bits per heavy atom. The molecule has 2 heterocycles. The molecule has 0 aliphatic carbocycles. The number of nitrogens with zero attached hydrogens (tertiary/aromatic N) is 2. The van der Waals surface area contributed by atoms with Crippen molar-refractivity contribution in [2.75, 3.05) is 7.11 Å². The van der Waals surface area contributed by atoms with Crippen molar-refractivity contribution < 1.29 is 9.53 Å². The number of pyridine rings is 2. The van der Waals surface area contributed by atoms with Crippen molar-refractivity contribution in [3.8, 4) is 5.88 Å². The lowest BCUT2D eigenvalue weighted by Gasteiger charge is -2.08. The van der Waals surface area contributed by atoms with Crippen LogP contribution in [0.25, 0.3) is 10.8 Å². The average molecular weight is 264 g/mol. The van der Waals surface area contributed by atoms with E-state index >= 15 is 0 Å². The zero-order valence-electron chi connectivity index (χ0n) is 10.9. The summed E-state index contributed by atoms with van der Waals surface area (Å²) in [5, 5.41) is 1.81. The van der Waals surface area contributed by atoms with Gasteiger partial charge in [0.2, 0.25) is 11.7 Å². The van der Waals surface area contributed by atoms with Crippen molar-refractivity contribution in [1.82, 2.24) is 9.97 Å². The Morgan fingerprint density at radius 3 is 2.75 bits per heavy atom. The predicted molar refractivity (Wildman–Crippen MR) is 76.0 cm³/mol.